The highest BCUT2D eigenvalue weighted by Gasteiger charge is 2.55. The van der Waals surface area contributed by atoms with E-state index in [1.807, 2.05) is 31.3 Å². The highest BCUT2D eigenvalue weighted by molar-refractivity contribution is 9.10. The minimum Gasteiger partial charge on any atom is -0.497 e. The van der Waals surface area contributed by atoms with Crippen LogP contribution in [0.2, 0.25) is 0 Å². The van der Waals surface area contributed by atoms with Gasteiger partial charge in [-0.05, 0) is 74.1 Å². The topological polar surface area (TPSA) is 71.1 Å². The summed E-state index contributed by atoms with van der Waals surface area (Å²) in [5.41, 5.74) is -1.34. The van der Waals surface area contributed by atoms with E-state index in [2.05, 4.69) is 30.9 Å². The van der Waals surface area contributed by atoms with Crippen molar-refractivity contribution in [2.24, 2.45) is 0 Å². The molecule has 2 amide bonds. The van der Waals surface area contributed by atoms with Gasteiger partial charge in [0.15, 0.2) is 0 Å². The Labute approximate surface area is 237 Å². The lowest BCUT2D eigenvalue weighted by atomic mass is 9.80. The third kappa shape index (κ3) is 5.46. The van der Waals surface area contributed by atoms with Crippen molar-refractivity contribution in [3.05, 3.63) is 81.8 Å². The maximum Gasteiger partial charge on any atom is 0.487 e. The molecule has 39 heavy (non-hydrogen) atoms. The highest BCUT2D eigenvalue weighted by atomic mass is 79.9. The van der Waals surface area contributed by atoms with Gasteiger partial charge >= 0.3 is 5.57 Å². The summed E-state index contributed by atoms with van der Waals surface area (Å²) in [5, 5.41) is 2.76. The molecule has 0 bridgehead atoms. The molecule has 1 saturated heterocycles. The van der Waals surface area contributed by atoms with Gasteiger partial charge in [0.2, 0.25) is 5.91 Å². The van der Waals surface area contributed by atoms with Crippen LogP contribution >= 0.6 is 27.5 Å². The van der Waals surface area contributed by atoms with Gasteiger partial charge in [-0.1, -0.05) is 28.1 Å². The van der Waals surface area contributed by atoms with E-state index in [-0.39, 0.29) is 11.7 Å². The largest absolute Gasteiger partial charge is 0.497 e. The number of likely N-dealkylation sites (N-methyl/N-ethyl adjacent to an activating group) is 1. The Morgan fingerprint density at radius 1 is 1.13 bits per heavy atom. The highest BCUT2D eigenvalue weighted by Crippen LogP contribution is 2.51. The molecule has 3 aromatic rings. The number of likely N-dealkylation sites (tertiary alicyclic amines) is 1. The summed E-state index contributed by atoms with van der Waals surface area (Å²) in [6.07, 6.45) is 0.675. The number of carbonyl (C=O) groups excluding carboxylic acids is 2. The molecule has 5 rings (SSSR count). The summed E-state index contributed by atoms with van der Waals surface area (Å²) >= 11 is 8.47. The number of ether oxygens (including phenoxy) is 2. The number of benzene rings is 3. The van der Waals surface area contributed by atoms with Crippen molar-refractivity contribution >= 4 is 50.7 Å². The lowest BCUT2D eigenvalue weighted by Gasteiger charge is -2.24. The van der Waals surface area contributed by atoms with Gasteiger partial charge in [0.05, 0.1) is 24.8 Å². The van der Waals surface area contributed by atoms with Gasteiger partial charge < -0.3 is 24.6 Å². The van der Waals surface area contributed by atoms with Crippen LogP contribution in [-0.4, -0.2) is 49.5 Å². The van der Waals surface area contributed by atoms with Crippen molar-refractivity contribution in [2.45, 2.75) is 23.9 Å². The third-order valence-corrected chi connectivity index (χ3v) is 7.76. The van der Waals surface area contributed by atoms with Crippen LogP contribution < -0.4 is 19.7 Å². The van der Waals surface area contributed by atoms with Crippen LogP contribution in [-0.2, 0) is 16.8 Å². The molecule has 1 atom stereocenters. The quantitative estimate of drug-likeness (QED) is 0.328. The van der Waals surface area contributed by atoms with Gasteiger partial charge in [-0.3, -0.25) is 9.59 Å². The van der Waals surface area contributed by atoms with Crippen LogP contribution in [0.15, 0.2) is 65.1 Å². The Balaban J connectivity index is 1.46. The second kappa shape index (κ2) is 10.4. The number of nitrogens with zero attached hydrogens (tertiary/aromatic N) is 2. The Morgan fingerprint density at radius 2 is 1.79 bits per heavy atom. The summed E-state index contributed by atoms with van der Waals surface area (Å²) in [5.74, 6) is 0.157. The van der Waals surface area contributed by atoms with Crippen LogP contribution in [0, 0.1) is 0 Å². The number of carbonyl (C=O) groups is 2. The summed E-state index contributed by atoms with van der Waals surface area (Å²) in [4.78, 5) is 31.1. The number of amides is 2. The van der Waals surface area contributed by atoms with Crippen LogP contribution in [0.25, 0.3) is 0 Å². The maximum atomic E-state index is 14.0. The minimum absolute atomic E-state index is 0.00242. The lowest BCUT2D eigenvalue weighted by Crippen LogP contribution is -2.41. The van der Waals surface area contributed by atoms with Gasteiger partial charge in [-0.15, -0.1) is 8.78 Å². The Morgan fingerprint density at radius 3 is 2.38 bits per heavy atom. The van der Waals surface area contributed by atoms with Gasteiger partial charge in [0.1, 0.15) is 11.5 Å². The molecule has 2 aliphatic rings. The van der Waals surface area contributed by atoms with E-state index in [0.29, 0.717) is 40.9 Å². The molecule has 0 saturated carbocycles. The maximum absolute atomic E-state index is 14.0. The molecule has 2 aliphatic heterocycles. The number of fused-ring (bicyclic) bond motifs is 2. The number of halogens is 4. The second-order valence-corrected chi connectivity index (χ2v) is 11.0. The van der Waals surface area contributed by atoms with Crippen LogP contribution in [0.4, 0.5) is 20.2 Å². The SMILES string of the molecule is COc1ccc(CN2C(=O)C3(CCN(C)C3)c3c(Br)cc(C(=O)Nc4ccc(OC(F)(F)Cl)cc4)cc32)cc1. The standard InChI is InChI=1S/C28H25BrClF2N3O4/c1-34-12-11-27(16-34)24-22(29)13-18(25(36)33-19-5-9-21(10-6-19)39-28(30,31)32)14-23(24)35(26(27)37)15-17-3-7-20(38-2)8-4-17/h3-10,13-14H,11-12,15-16H2,1-2H3,(H,33,36). The zero-order chi connectivity index (χ0) is 27.9. The number of methoxy groups -OCH3 is 1. The Hall–Kier alpha value is -3.21. The third-order valence-electron chi connectivity index (χ3n) is 7.06. The average molecular weight is 621 g/mol. The number of hydrogen-bond donors (Lipinski definition) is 1. The van der Waals surface area contributed by atoms with E-state index in [1.165, 1.54) is 24.3 Å². The van der Waals surface area contributed by atoms with E-state index in [4.69, 9.17) is 16.3 Å². The van der Waals surface area contributed by atoms with Gasteiger partial charge in [-0.2, -0.15) is 0 Å². The summed E-state index contributed by atoms with van der Waals surface area (Å²) in [6, 6.07) is 16.4. The number of rotatable bonds is 7. The van der Waals surface area contributed by atoms with Crippen LogP contribution in [0.5, 0.6) is 11.5 Å². The molecule has 0 aliphatic carbocycles. The predicted molar refractivity (Wildman–Crippen MR) is 148 cm³/mol. The second-order valence-electron chi connectivity index (χ2n) is 9.69. The van der Waals surface area contributed by atoms with E-state index in [0.717, 1.165) is 23.4 Å². The normalized spacial score (nSPS) is 18.9. The molecule has 7 nitrogen and oxygen atoms in total. The van der Waals surface area contributed by atoms with Crippen LogP contribution in [0.3, 0.4) is 0 Å². The average Bonchev–Trinajstić information content (AvgIpc) is 3.38. The molecule has 1 unspecified atom stereocenters. The summed E-state index contributed by atoms with van der Waals surface area (Å²) in [7, 11) is 3.59. The van der Waals surface area contributed by atoms with E-state index in [9.17, 15) is 18.4 Å². The fourth-order valence-corrected chi connectivity index (χ4v) is 6.20. The molecule has 1 spiro atoms. The Kier molecular flexibility index (Phi) is 7.30. The Bertz CT molecular complexity index is 1420. The molecule has 11 heteroatoms. The van der Waals surface area contributed by atoms with Gasteiger partial charge in [0.25, 0.3) is 5.91 Å². The first-order chi connectivity index (χ1) is 18.5. The molecule has 0 aromatic heterocycles. The number of alkyl halides is 3. The smallest absolute Gasteiger partial charge is 0.487 e. The monoisotopic (exact) mass is 619 g/mol. The number of anilines is 2. The van der Waals surface area contributed by atoms with Crippen molar-refractivity contribution in [3.8, 4) is 11.5 Å². The minimum atomic E-state index is -3.83. The molecule has 1 N–H and O–H groups in total. The summed E-state index contributed by atoms with van der Waals surface area (Å²) < 4.78 is 36.0. The van der Waals surface area contributed by atoms with Gasteiger partial charge in [0, 0.05) is 39.4 Å². The molecule has 204 valence electrons. The molecular weight excluding hydrogens is 596 g/mol. The molecule has 0 radical (unpaired) electrons. The molecular formula is C28H25BrClF2N3O4. The molecule has 1 fully saturated rings. The van der Waals surface area contributed by atoms with Crippen molar-refractivity contribution < 1.29 is 27.8 Å². The molecule has 3 aromatic carbocycles. The van der Waals surface area contributed by atoms with Crippen molar-refractivity contribution in [1.82, 2.24) is 4.90 Å². The van der Waals surface area contributed by atoms with E-state index < -0.39 is 16.9 Å². The zero-order valence-corrected chi connectivity index (χ0v) is 23.5. The number of nitrogens with one attached hydrogen (secondary N) is 1. The summed E-state index contributed by atoms with van der Waals surface area (Å²) in [6.45, 7) is 1.70. The van der Waals surface area contributed by atoms with E-state index >= 15 is 0 Å². The molecule has 2 heterocycles. The van der Waals surface area contributed by atoms with Crippen molar-refractivity contribution in [3.63, 3.8) is 0 Å². The van der Waals surface area contributed by atoms with E-state index in [1.54, 1.807) is 24.1 Å². The predicted octanol–water partition coefficient (Wildman–Crippen LogP) is 6.00. The van der Waals surface area contributed by atoms with Gasteiger partial charge in [-0.25, -0.2) is 0 Å². The first-order valence-corrected chi connectivity index (χ1v) is 13.3. The van der Waals surface area contributed by atoms with Crippen molar-refractivity contribution in [2.75, 3.05) is 37.5 Å². The van der Waals surface area contributed by atoms with Crippen LogP contribution in [0.1, 0.15) is 27.9 Å². The zero-order valence-electron chi connectivity index (χ0n) is 21.1. The first-order valence-electron chi connectivity index (χ1n) is 12.1. The fraction of sp³-hybridized carbons (Fsp3) is 0.286. The van der Waals surface area contributed by atoms with Crippen molar-refractivity contribution in [1.29, 1.82) is 0 Å². The fourth-order valence-electron chi connectivity index (χ4n) is 5.28. The first kappa shape index (κ1) is 27.4. The lowest BCUT2D eigenvalue weighted by molar-refractivity contribution is -0.122. The number of hydrogen-bond acceptors (Lipinski definition) is 5.